The number of carbonyl (C=O) groups excluding carboxylic acids is 1. The molecule has 2 N–H and O–H groups in total. The Hall–Kier alpha value is -3.54. The standard InChI is InChI=1S/C26H28N4O5S2/c1-25(2,3)35-23(31)18-34-22-7-4-6-20(16-22)26(27,37(32,33)24-28-13-15-36-24)17-19-8-10-21(11-9-19)30-14-5-12-29-30/h4-16H,17-18,27H2,1-3H3. The molecule has 2 aromatic carbocycles. The third kappa shape index (κ3) is 6.07. The summed E-state index contributed by atoms with van der Waals surface area (Å²) in [4.78, 5) is 14.3. The summed E-state index contributed by atoms with van der Waals surface area (Å²) in [7, 11) is -4.11. The zero-order valence-corrected chi connectivity index (χ0v) is 22.3. The topological polar surface area (TPSA) is 126 Å². The van der Waals surface area contributed by atoms with E-state index in [0.717, 1.165) is 17.0 Å². The van der Waals surface area contributed by atoms with E-state index in [1.807, 2.05) is 36.5 Å². The van der Waals surface area contributed by atoms with Crippen LogP contribution in [0.2, 0.25) is 0 Å². The molecule has 2 heterocycles. The lowest BCUT2D eigenvalue weighted by atomic mass is 9.98. The highest BCUT2D eigenvalue weighted by Gasteiger charge is 2.45. The van der Waals surface area contributed by atoms with Crippen molar-refractivity contribution in [3.05, 3.63) is 89.7 Å². The molecular formula is C26H28N4O5S2. The second kappa shape index (κ2) is 10.4. The molecule has 1 unspecified atom stereocenters. The van der Waals surface area contributed by atoms with E-state index in [4.69, 9.17) is 15.2 Å². The van der Waals surface area contributed by atoms with Crippen LogP contribution in [0.5, 0.6) is 5.75 Å². The normalized spacial score (nSPS) is 13.6. The minimum Gasteiger partial charge on any atom is -0.482 e. The van der Waals surface area contributed by atoms with Crippen molar-refractivity contribution >= 4 is 27.1 Å². The summed E-state index contributed by atoms with van der Waals surface area (Å²) in [5.74, 6) is -0.244. The maximum atomic E-state index is 13.8. The highest BCUT2D eigenvalue weighted by atomic mass is 32.2. The molecule has 0 aliphatic rings. The SMILES string of the molecule is CC(C)(C)OC(=O)COc1cccc(C(N)(Cc2ccc(-n3cccn3)cc2)S(=O)(=O)c2nccs2)c1. The van der Waals surface area contributed by atoms with Gasteiger partial charge in [0.15, 0.2) is 11.5 Å². The van der Waals surface area contributed by atoms with Gasteiger partial charge in [-0.2, -0.15) is 5.10 Å². The Morgan fingerprint density at radius 2 is 1.84 bits per heavy atom. The summed E-state index contributed by atoms with van der Waals surface area (Å²) in [6.45, 7) is 4.96. The number of esters is 1. The van der Waals surface area contributed by atoms with Crippen molar-refractivity contribution in [1.29, 1.82) is 0 Å². The number of nitrogens with two attached hydrogens (primary N) is 1. The minimum atomic E-state index is -4.11. The molecule has 0 amide bonds. The Balaban J connectivity index is 1.66. The van der Waals surface area contributed by atoms with Gasteiger partial charge in [0.25, 0.3) is 0 Å². The molecule has 9 nitrogen and oxygen atoms in total. The van der Waals surface area contributed by atoms with E-state index in [0.29, 0.717) is 16.9 Å². The Bertz CT molecular complexity index is 1450. The van der Waals surface area contributed by atoms with Crippen molar-refractivity contribution in [1.82, 2.24) is 14.8 Å². The molecule has 11 heteroatoms. The molecule has 0 bridgehead atoms. The van der Waals surface area contributed by atoms with Gasteiger partial charge in [-0.25, -0.2) is 22.9 Å². The molecule has 4 aromatic rings. The first-order valence-corrected chi connectivity index (χ1v) is 13.8. The summed E-state index contributed by atoms with van der Waals surface area (Å²) >= 11 is 1.00. The van der Waals surface area contributed by atoms with Crippen molar-refractivity contribution in [3.63, 3.8) is 0 Å². The predicted octanol–water partition coefficient (Wildman–Crippen LogP) is 3.88. The van der Waals surface area contributed by atoms with Crippen molar-refractivity contribution in [2.24, 2.45) is 5.73 Å². The molecule has 0 fully saturated rings. The number of hydrogen-bond acceptors (Lipinski definition) is 9. The van der Waals surface area contributed by atoms with Gasteiger partial charge in [0, 0.05) is 30.4 Å². The summed E-state index contributed by atoms with van der Waals surface area (Å²) in [6, 6.07) is 15.6. The van der Waals surface area contributed by atoms with Gasteiger partial charge >= 0.3 is 5.97 Å². The van der Waals surface area contributed by atoms with Gasteiger partial charge in [0.2, 0.25) is 14.2 Å². The Kier molecular flexibility index (Phi) is 7.49. The maximum Gasteiger partial charge on any atom is 0.344 e. The number of benzene rings is 2. The second-order valence-electron chi connectivity index (χ2n) is 9.39. The van der Waals surface area contributed by atoms with Crippen LogP contribution >= 0.6 is 11.3 Å². The van der Waals surface area contributed by atoms with Crippen molar-refractivity contribution in [2.45, 2.75) is 42.0 Å². The van der Waals surface area contributed by atoms with Crippen LogP contribution in [-0.4, -0.2) is 41.4 Å². The Morgan fingerprint density at radius 1 is 1.08 bits per heavy atom. The van der Waals surface area contributed by atoms with Gasteiger partial charge in [-0.05, 0) is 62.2 Å². The number of thiazole rings is 1. The molecule has 194 valence electrons. The van der Waals surface area contributed by atoms with Gasteiger partial charge in [0.05, 0.1) is 5.69 Å². The molecule has 2 aromatic heterocycles. The molecular weight excluding hydrogens is 512 g/mol. The summed E-state index contributed by atoms with van der Waals surface area (Å²) in [5, 5.41) is 5.80. The largest absolute Gasteiger partial charge is 0.482 e. The first-order chi connectivity index (χ1) is 17.5. The summed E-state index contributed by atoms with van der Waals surface area (Å²) in [6.07, 6.45) is 4.90. The van der Waals surface area contributed by atoms with Crippen LogP contribution in [0, 0.1) is 0 Å². The quantitative estimate of drug-likeness (QED) is 0.317. The maximum absolute atomic E-state index is 13.8. The average Bonchev–Trinajstić information content (AvgIpc) is 3.57. The zero-order chi connectivity index (χ0) is 26.7. The number of nitrogens with zero attached hydrogens (tertiary/aromatic N) is 3. The van der Waals surface area contributed by atoms with Crippen LogP contribution < -0.4 is 10.5 Å². The van der Waals surface area contributed by atoms with Crippen molar-refractivity contribution in [3.8, 4) is 11.4 Å². The first-order valence-electron chi connectivity index (χ1n) is 11.5. The van der Waals surface area contributed by atoms with Gasteiger partial charge < -0.3 is 15.2 Å². The van der Waals surface area contributed by atoms with Gasteiger partial charge in [-0.15, -0.1) is 11.3 Å². The molecule has 4 rings (SSSR count). The van der Waals surface area contributed by atoms with Crippen LogP contribution in [0.15, 0.2) is 82.9 Å². The number of ether oxygens (including phenoxy) is 2. The van der Waals surface area contributed by atoms with Gasteiger partial charge in [-0.1, -0.05) is 24.3 Å². The third-order valence-corrected chi connectivity index (χ3v) is 8.81. The lowest BCUT2D eigenvalue weighted by Gasteiger charge is -2.29. The minimum absolute atomic E-state index is 0.0240. The second-order valence-corrected chi connectivity index (χ2v) is 12.7. The highest BCUT2D eigenvalue weighted by molar-refractivity contribution is 7.94. The smallest absolute Gasteiger partial charge is 0.344 e. The monoisotopic (exact) mass is 540 g/mol. The third-order valence-electron chi connectivity index (χ3n) is 5.39. The van der Waals surface area contributed by atoms with E-state index in [-0.39, 0.29) is 17.4 Å². The average molecular weight is 541 g/mol. The zero-order valence-electron chi connectivity index (χ0n) is 20.7. The van der Waals surface area contributed by atoms with Crippen molar-refractivity contribution in [2.75, 3.05) is 6.61 Å². The van der Waals surface area contributed by atoms with Gasteiger partial charge in [-0.3, -0.25) is 0 Å². The van der Waals surface area contributed by atoms with Crippen LogP contribution in [-0.2, 0) is 30.7 Å². The number of aromatic nitrogens is 3. The first kappa shape index (κ1) is 26.5. The molecule has 0 radical (unpaired) electrons. The molecule has 37 heavy (non-hydrogen) atoms. The summed E-state index contributed by atoms with van der Waals surface area (Å²) in [5.41, 5.74) is 7.97. The predicted molar refractivity (Wildman–Crippen MR) is 140 cm³/mol. The van der Waals surface area contributed by atoms with E-state index in [2.05, 4.69) is 10.1 Å². The molecule has 0 saturated heterocycles. The van der Waals surface area contributed by atoms with E-state index in [9.17, 15) is 13.2 Å². The summed E-state index contributed by atoms with van der Waals surface area (Å²) < 4.78 is 40.1. The van der Waals surface area contributed by atoms with E-state index >= 15 is 0 Å². The number of sulfone groups is 1. The van der Waals surface area contributed by atoms with Crippen LogP contribution in [0.25, 0.3) is 5.69 Å². The molecule has 0 aliphatic heterocycles. The van der Waals surface area contributed by atoms with Crippen LogP contribution in [0.4, 0.5) is 0 Å². The molecule has 0 aliphatic carbocycles. The van der Waals surface area contributed by atoms with Crippen LogP contribution in [0.3, 0.4) is 0 Å². The highest BCUT2D eigenvalue weighted by Crippen LogP contribution is 2.36. The molecule has 0 saturated carbocycles. The Morgan fingerprint density at radius 3 is 2.46 bits per heavy atom. The van der Waals surface area contributed by atoms with E-state index in [1.165, 1.54) is 12.3 Å². The van der Waals surface area contributed by atoms with Crippen LogP contribution in [0.1, 0.15) is 31.9 Å². The van der Waals surface area contributed by atoms with Crippen molar-refractivity contribution < 1.29 is 22.7 Å². The number of rotatable bonds is 9. The van der Waals surface area contributed by atoms with E-state index < -0.39 is 26.3 Å². The van der Waals surface area contributed by atoms with E-state index in [1.54, 1.807) is 55.2 Å². The fourth-order valence-corrected chi connectivity index (χ4v) is 6.49. The lowest BCUT2D eigenvalue weighted by molar-refractivity contribution is -0.157. The number of carbonyl (C=O) groups is 1. The fourth-order valence-electron chi connectivity index (χ4n) is 3.70. The fraction of sp³-hybridized carbons (Fsp3) is 0.269. The lowest BCUT2D eigenvalue weighted by Crippen LogP contribution is -2.46. The number of hydrogen-bond donors (Lipinski definition) is 1. The molecule has 0 spiro atoms. The Labute approximate surface area is 219 Å². The van der Waals surface area contributed by atoms with Gasteiger partial charge in [0.1, 0.15) is 11.4 Å². The molecule has 1 atom stereocenters.